The third-order valence-electron chi connectivity index (χ3n) is 4.90. The van der Waals surface area contributed by atoms with Crippen LogP contribution in [0.5, 0.6) is 11.6 Å². The Bertz CT molecular complexity index is 894. The molecule has 1 saturated carbocycles. The number of anilines is 1. The number of nitrogens with one attached hydrogen (secondary N) is 1. The predicted octanol–water partition coefficient (Wildman–Crippen LogP) is 5.91. The lowest BCUT2D eigenvalue weighted by molar-refractivity contribution is 0.328. The second-order valence-corrected chi connectivity index (χ2v) is 8.18. The number of rotatable bonds is 5. The predicted molar refractivity (Wildman–Crippen MR) is 106 cm³/mol. The van der Waals surface area contributed by atoms with E-state index in [-0.39, 0.29) is 0 Å². The maximum Gasteiger partial charge on any atom is 0.223 e. The summed E-state index contributed by atoms with van der Waals surface area (Å²) in [5, 5.41) is 4.94. The SMILES string of the molecule is C[C@H](Nc1nc2ccc(Oc3cc(Cl)ncn3)cc2s1)C1CCCCC1. The van der Waals surface area contributed by atoms with Gasteiger partial charge in [0.2, 0.25) is 5.88 Å². The molecule has 7 heteroatoms. The van der Waals surface area contributed by atoms with Crippen LogP contribution >= 0.6 is 22.9 Å². The van der Waals surface area contributed by atoms with E-state index < -0.39 is 0 Å². The summed E-state index contributed by atoms with van der Waals surface area (Å²) in [4.78, 5) is 12.6. The summed E-state index contributed by atoms with van der Waals surface area (Å²) < 4.78 is 6.86. The first-order valence-corrected chi connectivity index (χ1v) is 10.2. The lowest BCUT2D eigenvalue weighted by atomic mass is 9.85. The molecule has 0 bridgehead atoms. The van der Waals surface area contributed by atoms with Gasteiger partial charge in [-0.1, -0.05) is 42.2 Å². The summed E-state index contributed by atoms with van der Waals surface area (Å²) in [6.07, 6.45) is 8.11. The maximum absolute atomic E-state index is 5.87. The molecule has 0 radical (unpaired) electrons. The highest BCUT2D eigenvalue weighted by molar-refractivity contribution is 7.22. The van der Waals surface area contributed by atoms with E-state index in [1.54, 1.807) is 17.4 Å². The Morgan fingerprint density at radius 3 is 2.85 bits per heavy atom. The quantitative estimate of drug-likeness (QED) is 0.550. The zero-order valence-electron chi connectivity index (χ0n) is 14.6. The molecule has 0 aliphatic heterocycles. The molecule has 5 nitrogen and oxygen atoms in total. The first-order chi connectivity index (χ1) is 12.7. The van der Waals surface area contributed by atoms with Crippen molar-refractivity contribution in [3.05, 3.63) is 35.7 Å². The van der Waals surface area contributed by atoms with Crippen LogP contribution in [0.1, 0.15) is 39.0 Å². The molecule has 0 spiro atoms. The molecule has 26 heavy (non-hydrogen) atoms. The summed E-state index contributed by atoms with van der Waals surface area (Å²) >= 11 is 7.53. The second-order valence-electron chi connectivity index (χ2n) is 6.76. The molecule has 1 N–H and O–H groups in total. The van der Waals surface area contributed by atoms with Gasteiger partial charge in [-0.15, -0.1) is 0 Å². The number of halogens is 1. The molecule has 1 aliphatic rings. The highest BCUT2D eigenvalue weighted by atomic mass is 35.5. The van der Waals surface area contributed by atoms with Gasteiger partial charge in [0.05, 0.1) is 10.2 Å². The van der Waals surface area contributed by atoms with E-state index in [4.69, 9.17) is 21.3 Å². The number of fused-ring (bicyclic) bond motifs is 1. The Kier molecular flexibility index (Phi) is 5.22. The van der Waals surface area contributed by atoms with Gasteiger partial charge in [-0.25, -0.2) is 15.0 Å². The number of ether oxygens (including phenoxy) is 1. The van der Waals surface area contributed by atoms with E-state index in [9.17, 15) is 0 Å². The summed E-state index contributed by atoms with van der Waals surface area (Å²) in [5.41, 5.74) is 0.974. The van der Waals surface area contributed by atoms with Gasteiger partial charge in [-0.05, 0) is 37.8 Å². The van der Waals surface area contributed by atoms with Crippen molar-refractivity contribution in [2.75, 3.05) is 5.32 Å². The van der Waals surface area contributed by atoms with E-state index in [1.807, 2.05) is 18.2 Å². The van der Waals surface area contributed by atoms with Gasteiger partial charge in [-0.3, -0.25) is 0 Å². The first kappa shape index (κ1) is 17.5. The monoisotopic (exact) mass is 388 g/mol. The van der Waals surface area contributed by atoms with Gasteiger partial charge < -0.3 is 10.1 Å². The number of aromatic nitrogens is 3. The fourth-order valence-electron chi connectivity index (χ4n) is 3.47. The van der Waals surface area contributed by atoms with Gasteiger partial charge in [0.15, 0.2) is 5.13 Å². The largest absolute Gasteiger partial charge is 0.439 e. The minimum absolute atomic E-state index is 0.358. The molecule has 2 aromatic heterocycles. The van der Waals surface area contributed by atoms with Crippen LogP contribution in [0.25, 0.3) is 10.2 Å². The lowest BCUT2D eigenvalue weighted by Crippen LogP contribution is -2.27. The third-order valence-corrected chi connectivity index (χ3v) is 6.06. The number of thiazole rings is 1. The van der Waals surface area contributed by atoms with Crippen LogP contribution in [0.3, 0.4) is 0 Å². The molecule has 4 rings (SSSR count). The highest BCUT2D eigenvalue weighted by Crippen LogP contribution is 2.33. The number of benzene rings is 1. The fourth-order valence-corrected chi connectivity index (χ4v) is 4.60. The zero-order valence-corrected chi connectivity index (χ0v) is 16.2. The van der Waals surface area contributed by atoms with Crippen molar-refractivity contribution in [3.8, 4) is 11.6 Å². The van der Waals surface area contributed by atoms with Gasteiger partial charge >= 0.3 is 0 Å². The van der Waals surface area contributed by atoms with Gasteiger partial charge in [0.25, 0.3) is 0 Å². The van der Waals surface area contributed by atoms with Crippen molar-refractivity contribution < 1.29 is 4.74 Å². The van der Waals surface area contributed by atoms with Crippen molar-refractivity contribution in [1.29, 1.82) is 0 Å². The summed E-state index contributed by atoms with van der Waals surface area (Å²) in [6.45, 7) is 2.27. The van der Waals surface area contributed by atoms with Gasteiger partial charge in [0, 0.05) is 18.2 Å². The Morgan fingerprint density at radius 2 is 2.04 bits per heavy atom. The first-order valence-electron chi connectivity index (χ1n) is 9.00. The van der Waals surface area contributed by atoms with E-state index in [1.165, 1.54) is 38.4 Å². The Labute approximate surface area is 161 Å². The topological polar surface area (TPSA) is 59.9 Å². The summed E-state index contributed by atoms with van der Waals surface area (Å²) in [5.74, 6) is 1.89. The van der Waals surface area contributed by atoms with Crippen molar-refractivity contribution in [1.82, 2.24) is 15.0 Å². The Morgan fingerprint density at radius 1 is 1.19 bits per heavy atom. The molecule has 3 aromatic rings. The molecule has 2 heterocycles. The van der Waals surface area contributed by atoms with Crippen molar-refractivity contribution in [2.24, 2.45) is 5.92 Å². The molecule has 1 aromatic carbocycles. The van der Waals surface area contributed by atoms with Crippen LogP contribution < -0.4 is 10.1 Å². The molecular formula is C19H21ClN4OS. The number of hydrogen-bond acceptors (Lipinski definition) is 6. The van der Waals surface area contributed by atoms with E-state index in [2.05, 4.69) is 22.2 Å². The van der Waals surface area contributed by atoms with Gasteiger partial charge in [0.1, 0.15) is 17.2 Å². The van der Waals surface area contributed by atoms with E-state index in [0.29, 0.717) is 22.8 Å². The highest BCUT2D eigenvalue weighted by Gasteiger charge is 2.20. The van der Waals surface area contributed by atoms with Crippen LogP contribution in [-0.4, -0.2) is 21.0 Å². The molecule has 0 saturated heterocycles. The summed E-state index contributed by atoms with van der Waals surface area (Å²) in [7, 11) is 0. The van der Waals surface area contributed by atoms with Crippen molar-refractivity contribution in [3.63, 3.8) is 0 Å². The second kappa shape index (κ2) is 7.76. The molecular weight excluding hydrogens is 368 g/mol. The van der Waals surface area contributed by atoms with Crippen molar-refractivity contribution >= 4 is 38.3 Å². The minimum Gasteiger partial charge on any atom is -0.439 e. The maximum atomic E-state index is 5.87. The zero-order chi connectivity index (χ0) is 17.9. The molecule has 1 fully saturated rings. The van der Waals surface area contributed by atoms with E-state index >= 15 is 0 Å². The van der Waals surface area contributed by atoms with Crippen LogP contribution in [-0.2, 0) is 0 Å². The average Bonchev–Trinajstić information content (AvgIpc) is 3.04. The molecule has 1 atom stereocenters. The van der Waals surface area contributed by atoms with Crippen LogP contribution in [0.15, 0.2) is 30.6 Å². The third kappa shape index (κ3) is 4.07. The number of nitrogens with zero attached hydrogens (tertiary/aromatic N) is 3. The number of hydrogen-bond donors (Lipinski definition) is 1. The van der Waals surface area contributed by atoms with Crippen molar-refractivity contribution in [2.45, 2.75) is 45.1 Å². The van der Waals surface area contributed by atoms with Crippen LogP contribution in [0.2, 0.25) is 5.15 Å². The smallest absolute Gasteiger partial charge is 0.223 e. The normalized spacial score (nSPS) is 16.5. The average molecular weight is 389 g/mol. The molecule has 1 aliphatic carbocycles. The van der Waals surface area contributed by atoms with E-state index in [0.717, 1.165) is 21.3 Å². The minimum atomic E-state index is 0.358. The molecule has 0 unspecified atom stereocenters. The van der Waals surface area contributed by atoms with Crippen LogP contribution in [0, 0.1) is 5.92 Å². The molecule has 0 amide bonds. The lowest BCUT2D eigenvalue weighted by Gasteiger charge is -2.28. The Hall–Kier alpha value is -1.92. The summed E-state index contributed by atoms with van der Waals surface area (Å²) in [6, 6.07) is 7.90. The standard InChI is InChI=1S/C19H21ClN4OS/c1-12(13-5-3-2-4-6-13)23-19-24-15-8-7-14(9-16(15)26-19)25-18-10-17(20)21-11-22-18/h7-13H,2-6H2,1H3,(H,23,24)/t12-/m0/s1. The fraction of sp³-hybridized carbons (Fsp3) is 0.421. The Balaban J connectivity index is 1.48. The van der Waals surface area contributed by atoms with Crippen LogP contribution in [0.4, 0.5) is 5.13 Å². The van der Waals surface area contributed by atoms with Gasteiger partial charge in [-0.2, -0.15) is 0 Å². The molecule has 136 valence electrons.